The zero-order valence-corrected chi connectivity index (χ0v) is 12.4. The molecule has 0 unspecified atom stereocenters. The van der Waals surface area contributed by atoms with E-state index in [2.05, 4.69) is 23.4 Å². The number of ketones is 1. The van der Waals surface area contributed by atoms with E-state index in [4.69, 9.17) is 11.6 Å². The van der Waals surface area contributed by atoms with Gasteiger partial charge in [0.15, 0.2) is 5.78 Å². The number of nitrogens with zero attached hydrogens (tertiary/aromatic N) is 2. The van der Waals surface area contributed by atoms with Crippen LogP contribution in [0.15, 0.2) is 24.3 Å². The molecule has 1 aromatic heterocycles. The van der Waals surface area contributed by atoms with E-state index in [1.54, 1.807) is 0 Å². The van der Waals surface area contributed by atoms with Gasteiger partial charge >= 0.3 is 0 Å². The molecule has 0 aliphatic heterocycles. The molecule has 4 heteroatoms. The van der Waals surface area contributed by atoms with Gasteiger partial charge in [-0.15, -0.1) is 0 Å². The summed E-state index contributed by atoms with van der Waals surface area (Å²) in [6.07, 6.45) is 1.37. The highest BCUT2D eigenvalue weighted by Gasteiger charge is 2.29. The lowest BCUT2D eigenvalue weighted by Gasteiger charge is -2.13. The maximum atomic E-state index is 12.1. The van der Waals surface area contributed by atoms with E-state index in [1.165, 1.54) is 0 Å². The van der Waals surface area contributed by atoms with Crippen molar-refractivity contribution in [2.45, 2.75) is 39.2 Å². The molecule has 1 aliphatic carbocycles. The van der Waals surface area contributed by atoms with Gasteiger partial charge in [-0.2, -0.15) is 0 Å². The second-order valence-electron chi connectivity index (χ2n) is 5.56. The number of Topliss-reactive ketones (excluding diaryl/α,β-unsaturated/α-hetero) is 1. The number of fused-ring (bicyclic) bond motifs is 1. The van der Waals surface area contributed by atoms with Crippen molar-refractivity contribution < 1.29 is 4.79 Å². The van der Waals surface area contributed by atoms with Crippen molar-refractivity contribution in [1.29, 1.82) is 0 Å². The van der Waals surface area contributed by atoms with E-state index in [1.807, 2.05) is 24.3 Å². The fraction of sp³-hybridized carbons (Fsp3) is 0.375. The fourth-order valence-corrected chi connectivity index (χ4v) is 2.86. The zero-order valence-electron chi connectivity index (χ0n) is 11.7. The molecule has 3 nitrogen and oxygen atoms in total. The highest BCUT2D eigenvalue weighted by atomic mass is 35.5. The fourth-order valence-electron chi connectivity index (χ4n) is 2.73. The summed E-state index contributed by atoms with van der Waals surface area (Å²) in [5.74, 6) is 1.52. The topological polar surface area (TPSA) is 34.9 Å². The Morgan fingerprint density at radius 3 is 2.60 bits per heavy atom. The van der Waals surface area contributed by atoms with Gasteiger partial charge in [-0.3, -0.25) is 4.79 Å². The molecule has 1 aliphatic rings. The number of aryl methyl sites for hydroxylation is 1. The van der Waals surface area contributed by atoms with E-state index in [0.717, 1.165) is 34.2 Å². The molecule has 20 heavy (non-hydrogen) atoms. The Morgan fingerprint density at radius 2 is 1.95 bits per heavy atom. The quantitative estimate of drug-likeness (QED) is 0.860. The molecule has 3 rings (SSSR count). The number of rotatable bonds is 3. The molecule has 0 spiro atoms. The molecule has 0 saturated heterocycles. The molecular weight excluding hydrogens is 272 g/mol. The molecule has 1 heterocycles. The van der Waals surface area contributed by atoms with Crippen molar-refractivity contribution in [3.05, 3.63) is 52.1 Å². The third-order valence-electron chi connectivity index (χ3n) is 3.69. The van der Waals surface area contributed by atoms with Crippen molar-refractivity contribution in [1.82, 2.24) is 9.55 Å². The average molecular weight is 289 g/mol. The summed E-state index contributed by atoms with van der Waals surface area (Å²) in [5.41, 5.74) is 2.91. The second-order valence-corrected chi connectivity index (χ2v) is 5.99. The van der Waals surface area contributed by atoms with E-state index >= 15 is 0 Å². The lowest BCUT2D eigenvalue weighted by atomic mass is 10.1. The molecule has 0 radical (unpaired) electrons. The van der Waals surface area contributed by atoms with Crippen LogP contribution in [-0.2, 0) is 13.0 Å². The molecule has 0 amide bonds. The zero-order chi connectivity index (χ0) is 14.3. The summed E-state index contributed by atoms with van der Waals surface area (Å²) >= 11 is 5.92. The third-order valence-corrected chi connectivity index (χ3v) is 3.94. The first kappa shape index (κ1) is 13.4. The van der Waals surface area contributed by atoms with Crippen molar-refractivity contribution in [2.75, 3.05) is 0 Å². The van der Waals surface area contributed by atoms with E-state index in [-0.39, 0.29) is 5.78 Å². The number of hydrogen-bond acceptors (Lipinski definition) is 2. The smallest absolute Gasteiger partial charge is 0.181 e. The van der Waals surface area contributed by atoms with Crippen LogP contribution in [-0.4, -0.2) is 15.3 Å². The van der Waals surface area contributed by atoms with Crippen LogP contribution in [0.3, 0.4) is 0 Å². The summed E-state index contributed by atoms with van der Waals surface area (Å²) < 4.78 is 2.08. The number of imidazole rings is 1. The van der Waals surface area contributed by atoms with Crippen molar-refractivity contribution in [3.63, 3.8) is 0 Å². The van der Waals surface area contributed by atoms with Gasteiger partial charge in [-0.05, 0) is 24.1 Å². The minimum absolute atomic E-state index is 0.216. The van der Waals surface area contributed by atoms with Crippen molar-refractivity contribution in [3.8, 4) is 0 Å². The van der Waals surface area contributed by atoms with Crippen molar-refractivity contribution >= 4 is 17.4 Å². The molecule has 104 valence electrons. The predicted octanol–water partition coefficient (Wildman–Crippen LogP) is 3.84. The second kappa shape index (κ2) is 5.06. The van der Waals surface area contributed by atoms with Gasteiger partial charge in [0, 0.05) is 23.9 Å². The SMILES string of the molecule is CC(C)c1nc2c(n1Cc1ccc(Cl)cc1)C(=O)CC2. The van der Waals surface area contributed by atoms with Gasteiger partial charge < -0.3 is 4.57 Å². The summed E-state index contributed by atoms with van der Waals surface area (Å²) in [4.78, 5) is 16.8. The minimum atomic E-state index is 0.216. The number of benzene rings is 1. The Hall–Kier alpha value is -1.61. The highest BCUT2D eigenvalue weighted by molar-refractivity contribution is 6.30. The Morgan fingerprint density at radius 1 is 1.25 bits per heavy atom. The number of aromatic nitrogens is 2. The Kier molecular flexibility index (Phi) is 3.38. The van der Waals surface area contributed by atoms with Crippen LogP contribution in [0.5, 0.6) is 0 Å². The van der Waals surface area contributed by atoms with Crippen LogP contribution in [0.1, 0.15) is 53.8 Å². The monoisotopic (exact) mass is 288 g/mol. The van der Waals surface area contributed by atoms with Crippen LogP contribution in [0.4, 0.5) is 0 Å². The van der Waals surface area contributed by atoms with Gasteiger partial charge in [-0.1, -0.05) is 37.6 Å². The standard InChI is InChI=1S/C16H17ClN2O/c1-10(2)16-18-13-7-8-14(20)15(13)19(16)9-11-3-5-12(17)6-4-11/h3-6,10H,7-9H2,1-2H3. The number of hydrogen-bond donors (Lipinski definition) is 0. The van der Waals surface area contributed by atoms with Crippen LogP contribution in [0.2, 0.25) is 5.02 Å². The predicted molar refractivity (Wildman–Crippen MR) is 79.5 cm³/mol. The van der Waals surface area contributed by atoms with E-state index < -0.39 is 0 Å². The minimum Gasteiger partial charge on any atom is -0.321 e. The maximum absolute atomic E-state index is 12.1. The summed E-state index contributed by atoms with van der Waals surface area (Å²) in [6.45, 7) is 4.90. The number of halogens is 1. The largest absolute Gasteiger partial charge is 0.321 e. The molecule has 0 fully saturated rings. The van der Waals surface area contributed by atoms with Gasteiger partial charge in [-0.25, -0.2) is 4.98 Å². The first-order valence-electron chi connectivity index (χ1n) is 6.93. The van der Waals surface area contributed by atoms with Gasteiger partial charge in [0.05, 0.1) is 5.69 Å². The lowest BCUT2D eigenvalue weighted by molar-refractivity contribution is 0.0986. The first-order valence-corrected chi connectivity index (χ1v) is 7.31. The maximum Gasteiger partial charge on any atom is 0.181 e. The van der Waals surface area contributed by atoms with Crippen molar-refractivity contribution in [2.24, 2.45) is 0 Å². The van der Waals surface area contributed by atoms with Crippen LogP contribution in [0.25, 0.3) is 0 Å². The summed E-state index contributed by atoms with van der Waals surface area (Å²) in [5, 5.41) is 0.727. The molecule has 0 N–H and O–H groups in total. The highest BCUT2D eigenvalue weighted by Crippen LogP contribution is 2.27. The Bertz CT molecular complexity index is 656. The molecule has 0 bridgehead atoms. The molecular formula is C16H17ClN2O. The lowest BCUT2D eigenvalue weighted by Crippen LogP contribution is -2.12. The molecule has 0 atom stereocenters. The van der Waals surface area contributed by atoms with Crippen LogP contribution in [0, 0.1) is 0 Å². The first-order chi connectivity index (χ1) is 9.56. The summed E-state index contributed by atoms with van der Waals surface area (Å²) in [7, 11) is 0. The normalized spacial score (nSPS) is 14.1. The van der Waals surface area contributed by atoms with Gasteiger partial charge in [0.25, 0.3) is 0 Å². The Balaban J connectivity index is 2.03. The Labute approximate surface area is 123 Å². The summed E-state index contributed by atoms with van der Waals surface area (Å²) in [6, 6.07) is 7.76. The van der Waals surface area contributed by atoms with Gasteiger partial charge in [0.2, 0.25) is 0 Å². The number of carbonyl (C=O) groups is 1. The molecule has 0 saturated carbocycles. The van der Waals surface area contributed by atoms with E-state index in [9.17, 15) is 4.79 Å². The van der Waals surface area contributed by atoms with Crippen LogP contribution >= 0.6 is 11.6 Å². The third kappa shape index (κ3) is 2.27. The molecule has 2 aromatic rings. The average Bonchev–Trinajstić information content (AvgIpc) is 2.94. The van der Waals surface area contributed by atoms with Crippen LogP contribution < -0.4 is 0 Å². The van der Waals surface area contributed by atoms with E-state index in [0.29, 0.717) is 18.9 Å². The number of carbonyl (C=O) groups excluding carboxylic acids is 1. The van der Waals surface area contributed by atoms with Gasteiger partial charge in [0.1, 0.15) is 11.5 Å². The molecule has 1 aromatic carbocycles.